The number of rotatable bonds is 6. The van der Waals surface area contributed by atoms with Gasteiger partial charge in [-0.3, -0.25) is 4.79 Å². The molecule has 0 bridgehead atoms. The van der Waals surface area contributed by atoms with E-state index in [1.807, 2.05) is 6.92 Å². The van der Waals surface area contributed by atoms with Crippen LogP contribution in [0, 0.1) is 12.8 Å². The minimum absolute atomic E-state index is 0.0613. The molecule has 1 aliphatic rings. The molecule has 1 amide bonds. The minimum atomic E-state index is -3.35. The van der Waals surface area contributed by atoms with Gasteiger partial charge in [0.05, 0.1) is 30.7 Å². The van der Waals surface area contributed by atoms with E-state index in [-0.39, 0.29) is 23.6 Å². The Morgan fingerprint density at radius 3 is 2.70 bits per heavy atom. The lowest BCUT2D eigenvalue weighted by Crippen LogP contribution is -2.43. The Kier molecular flexibility index (Phi) is 5.43. The molecule has 23 heavy (non-hydrogen) atoms. The van der Waals surface area contributed by atoms with Crippen LogP contribution in [0.1, 0.15) is 28.7 Å². The van der Waals surface area contributed by atoms with Crippen LogP contribution in [0.15, 0.2) is 4.52 Å². The summed E-state index contributed by atoms with van der Waals surface area (Å²) in [5.74, 6) is -0.190. The zero-order chi connectivity index (χ0) is 17.2. The number of nitrogens with one attached hydrogen (secondary N) is 1. The largest absolute Gasteiger partial charge is 0.379 e. The lowest BCUT2D eigenvalue weighted by molar-refractivity contribution is 0.0923. The van der Waals surface area contributed by atoms with E-state index in [9.17, 15) is 13.2 Å². The lowest BCUT2D eigenvalue weighted by Gasteiger charge is -2.21. The van der Waals surface area contributed by atoms with Crippen LogP contribution < -0.4 is 5.32 Å². The van der Waals surface area contributed by atoms with E-state index in [1.54, 1.807) is 6.92 Å². The summed E-state index contributed by atoms with van der Waals surface area (Å²) in [5, 5.41) is 6.72. The summed E-state index contributed by atoms with van der Waals surface area (Å²) in [6, 6.07) is -0.351. The van der Waals surface area contributed by atoms with Gasteiger partial charge in [0.15, 0.2) is 0 Å². The molecule has 1 N–H and O–H groups in total. The maximum Gasteiger partial charge on any atom is 0.257 e. The number of aryl methyl sites for hydroxylation is 2. The van der Waals surface area contributed by atoms with Gasteiger partial charge in [0.2, 0.25) is 10.0 Å². The maximum absolute atomic E-state index is 12.5. The number of aromatic nitrogens is 1. The summed E-state index contributed by atoms with van der Waals surface area (Å²) in [6.45, 7) is 4.17. The summed E-state index contributed by atoms with van der Waals surface area (Å²) in [4.78, 5) is 12.5. The monoisotopic (exact) mass is 345 g/mol. The molecule has 1 saturated heterocycles. The molecule has 0 saturated carbocycles. The molecule has 8 nitrogen and oxygen atoms in total. The highest BCUT2D eigenvalue weighted by Crippen LogP contribution is 2.19. The lowest BCUT2D eigenvalue weighted by atomic mass is 10.0. The second-order valence-corrected chi connectivity index (χ2v) is 8.08. The van der Waals surface area contributed by atoms with Crippen molar-refractivity contribution in [3.05, 3.63) is 17.0 Å². The summed E-state index contributed by atoms with van der Waals surface area (Å²) in [7, 11) is -0.368. The molecule has 0 aromatic carbocycles. The first kappa shape index (κ1) is 17.9. The maximum atomic E-state index is 12.5. The zero-order valence-corrected chi connectivity index (χ0v) is 14.6. The van der Waals surface area contributed by atoms with Crippen LogP contribution in [0.3, 0.4) is 0 Å². The van der Waals surface area contributed by atoms with Crippen LogP contribution in [0.25, 0.3) is 0 Å². The summed E-state index contributed by atoms with van der Waals surface area (Å²) >= 11 is 0. The van der Waals surface area contributed by atoms with E-state index < -0.39 is 10.0 Å². The molecule has 9 heteroatoms. The van der Waals surface area contributed by atoms with E-state index in [4.69, 9.17) is 9.26 Å². The third-order valence-electron chi connectivity index (χ3n) is 3.99. The van der Waals surface area contributed by atoms with Crippen molar-refractivity contribution in [2.75, 3.05) is 33.1 Å². The number of sulfonamides is 1. The van der Waals surface area contributed by atoms with Gasteiger partial charge in [-0.1, -0.05) is 12.1 Å². The van der Waals surface area contributed by atoms with Crippen molar-refractivity contribution < 1.29 is 22.5 Å². The van der Waals surface area contributed by atoms with Crippen molar-refractivity contribution in [3.63, 3.8) is 0 Å². The molecular weight excluding hydrogens is 322 g/mol. The average molecular weight is 345 g/mol. The minimum Gasteiger partial charge on any atom is -0.379 e. The van der Waals surface area contributed by atoms with Gasteiger partial charge >= 0.3 is 0 Å². The number of hydrogen-bond donors (Lipinski definition) is 1. The van der Waals surface area contributed by atoms with Crippen molar-refractivity contribution >= 4 is 15.9 Å². The molecule has 2 rings (SSSR count). The van der Waals surface area contributed by atoms with Crippen LogP contribution in [0.5, 0.6) is 0 Å². The van der Waals surface area contributed by atoms with Crippen molar-refractivity contribution in [1.82, 2.24) is 14.8 Å². The van der Waals surface area contributed by atoms with E-state index in [0.717, 1.165) is 0 Å². The van der Waals surface area contributed by atoms with E-state index in [2.05, 4.69) is 10.5 Å². The molecule has 1 aromatic heterocycles. The summed E-state index contributed by atoms with van der Waals surface area (Å²) in [6.07, 6.45) is 0.583. The number of amides is 1. The number of carbonyl (C=O) groups excluding carboxylic acids is 1. The van der Waals surface area contributed by atoms with Crippen LogP contribution in [-0.2, 0) is 21.2 Å². The Labute approximate surface area is 136 Å². The summed E-state index contributed by atoms with van der Waals surface area (Å²) < 4.78 is 35.7. The van der Waals surface area contributed by atoms with Crippen molar-refractivity contribution in [3.8, 4) is 0 Å². The Hall–Kier alpha value is -1.45. The standard InChI is InChI=1S/C14H23N3O5S/c1-5-11-13(9(2)22-16-11)14(18)15-12-7-21-6-10(12)8-23(19,20)17(3)4/h10,12H,5-8H2,1-4H3,(H,15,18)/t10-,12-/m0/s1. The molecule has 2 heterocycles. The highest BCUT2D eigenvalue weighted by Gasteiger charge is 2.35. The molecule has 130 valence electrons. The Balaban J connectivity index is 2.09. The topological polar surface area (TPSA) is 102 Å². The average Bonchev–Trinajstić information content (AvgIpc) is 3.05. The molecule has 0 aliphatic carbocycles. The molecule has 0 radical (unpaired) electrons. The first-order valence-electron chi connectivity index (χ1n) is 7.50. The van der Waals surface area contributed by atoms with Crippen molar-refractivity contribution in [1.29, 1.82) is 0 Å². The number of hydrogen-bond acceptors (Lipinski definition) is 6. The first-order valence-corrected chi connectivity index (χ1v) is 9.11. The Morgan fingerprint density at radius 1 is 1.39 bits per heavy atom. The van der Waals surface area contributed by atoms with Crippen molar-refractivity contribution in [2.45, 2.75) is 26.3 Å². The normalized spacial score (nSPS) is 21.8. The fourth-order valence-corrected chi connectivity index (χ4v) is 3.70. The van der Waals surface area contributed by atoms with Gasteiger partial charge in [-0.15, -0.1) is 0 Å². The molecule has 1 aromatic rings. The van der Waals surface area contributed by atoms with Gasteiger partial charge in [0, 0.05) is 20.0 Å². The molecule has 0 spiro atoms. The molecule has 2 atom stereocenters. The third kappa shape index (κ3) is 3.91. The SMILES string of the molecule is CCc1noc(C)c1C(=O)N[C@H]1COC[C@H]1CS(=O)(=O)N(C)C. The van der Waals surface area contributed by atoms with Crippen LogP contribution in [0.2, 0.25) is 0 Å². The Bertz CT molecular complexity index is 668. The van der Waals surface area contributed by atoms with Crippen molar-refractivity contribution in [2.24, 2.45) is 5.92 Å². The van der Waals surface area contributed by atoms with Gasteiger partial charge in [-0.05, 0) is 13.3 Å². The highest BCUT2D eigenvalue weighted by molar-refractivity contribution is 7.89. The van der Waals surface area contributed by atoms with Crippen LogP contribution in [-0.4, -0.2) is 62.9 Å². The second-order valence-electron chi connectivity index (χ2n) is 5.85. The number of carbonyl (C=O) groups is 1. The van der Waals surface area contributed by atoms with Crippen LogP contribution >= 0.6 is 0 Å². The molecule has 0 unspecified atom stereocenters. The molecule has 1 fully saturated rings. The predicted molar refractivity (Wildman–Crippen MR) is 83.7 cm³/mol. The van der Waals surface area contributed by atoms with E-state index in [1.165, 1.54) is 18.4 Å². The predicted octanol–water partition coefficient (Wildman–Crippen LogP) is 0.182. The smallest absolute Gasteiger partial charge is 0.257 e. The van der Waals surface area contributed by atoms with Gasteiger partial charge in [0.1, 0.15) is 11.3 Å². The first-order chi connectivity index (χ1) is 10.8. The second kappa shape index (κ2) is 6.98. The zero-order valence-electron chi connectivity index (χ0n) is 13.8. The van der Waals surface area contributed by atoms with E-state index >= 15 is 0 Å². The Morgan fingerprint density at radius 2 is 2.09 bits per heavy atom. The molecular formula is C14H23N3O5S. The third-order valence-corrected chi connectivity index (χ3v) is 5.95. The van der Waals surface area contributed by atoms with E-state index in [0.29, 0.717) is 36.7 Å². The highest BCUT2D eigenvalue weighted by atomic mass is 32.2. The fourth-order valence-electron chi connectivity index (χ4n) is 2.53. The number of nitrogens with zero attached hydrogens (tertiary/aromatic N) is 2. The fraction of sp³-hybridized carbons (Fsp3) is 0.714. The van der Waals surface area contributed by atoms with Gasteiger partial charge in [0.25, 0.3) is 5.91 Å². The molecule has 1 aliphatic heterocycles. The van der Waals surface area contributed by atoms with Gasteiger partial charge in [-0.25, -0.2) is 12.7 Å². The van der Waals surface area contributed by atoms with Gasteiger partial charge < -0.3 is 14.6 Å². The van der Waals surface area contributed by atoms with Gasteiger partial charge in [-0.2, -0.15) is 0 Å². The summed E-state index contributed by atoms with van der Waals surface area (Å²) in [5.41, 5.74) is 1.02. The number of ether oxygens (including phenoxy) is 1. The van der Waals surface area contributed by atoms with Crippen LogP contribution in [0.4, 0.5) is 0 Å². The quantitative estimate of drug-likeness (QED) is 0.789.